The number of hydrogen-bond donors (Lipinski definition) is 0. The standard InChI is InChI=1S/C4H5Cl2OS/c5-2-3(6)1-4(7)8/h3H,1-2H2. The van der Waals surface area contributed by atoms with E-state index in [4.69, 9.17) is 23.2 Å². The van der Waals surface area contributed by atoms with Gasteiger partial charge >= 0.3 is 0 Å². The summed E-state index contributed by atoms with van der Waals surface area (Å²) in [6, 6.07) is 0. The molecule has 0 heterocycles. The Morgan fingerprint density at radius 3 is 2.38 bits per heavy atom. The van der Waals surface area contributed by atoms with Crippen molar-refractivity contribution in [3.8, 4) is 0 Å². The van der Waals surface area contributed by atoms with Crippen LogP contribution in [0.15, 0.2) is 0 Å². The fourth-order valence-corrected chi connectivity index (χ4v) is 0.777. The zero-order valence-electron chi connectivity index (χ0n) is 4.06. The molecule has 1 atom stereocenters. The van der Waals surface area contributed by atoms with Crippen molar-refractivity contribution in [1.29, 1.82) is 0 Å². The highest BCUT2D eigenvalue weighted by Crippen LogP contribution is 2.05. The Kier molecular flexibility index (Phi) is 4.61. The lowest BCUT2D eigenvalue weighted by Crippen LogP contribution is -2.03. The maximum atomic E-state index is 10.1. The van der Waals surface area contributed by atoms with Crippen LogP contribution in [0.3, 0.4) is 0 Å². The van der Waals surface area contributed by atoms with Crippen LogP contribution in [0.2, 0.25) is 0 Å². The third-order valence-electron chi connectivity index (χ3n) is 0.556. The van der Waals surface area contributed by atoms with E-state index in [1.54, 1.807) is 0 Å². The molecule has 0 aliphatic heterocycles. The summed E-state index contributed by atoms with van der Waals surface area (Å²) >= 11 is 14.9. The molecule has 1 nitrogen and oxygen atoms in total. The quantitative estimate of drug-likeness (QED) is 0.594. The zero-order chi connectivity index (χ0) is 6.57. The van der Waals surface area contributed by atoms with Crippen LogP contribution < -0.4 is 0 Å². The predicted octanol–water partition coefficient (Wildman–Crippen LogP) is 1.95. The number of carbonyl (C=O) groups excluding carboxylic acids is 1. The van der Waals surface area contributed by atoms with E-state index in [0.29, 0.717) is 0 Å². The molecule has 0 amide bonds. The first-order chi connectivity index (χ1) is 3.66. The molecule has 0 fully saturated rings. The van der Waals surface area contributed by atoms with Gasteiger partial charge in [0.05, 0.1) is 5.38 Å². The first-order valence-corrected chi connectivity index (χ1v) is 3.44. The summed E-state index contributed by atoms with van der Waals surface area (Å²) in [5.74, 6) is 0.282. The van der Waals surface area contributed by atoms with Crippen molar-refractivity contribution >= 4 is 40.9 Å². The van der Waals surface area contributed by atoms with Gasteiger partial charge in [0.15, 0.2) is 0 Å². The van der Waals surface area contributed by atoms with E-state index in [1.165, 1.54) is 0 Å². The Morgan fingerprint density at radius 2 is 2.25 bits per heavy atom. The first kappa shape index (κ1) is 8.47. The summed E-state index contributed by atoms with van der Waals surface area (Å²) in [6.07, 6.45) is 0.195. The van der Waals surface area contributed by atoms with Gasteiger partial charge in [0.25, 0.3) is 0 Å². The van der Waals surface area contributed by atoms with Gasteiger partial charge in [0, 0.05) is 12.3 Å². The normalized spacial score (nSPS) is 13.2. The highest BCUT2D eigenvalue weighted by molar-refractivity contribution is 7.96. The second-order valence-corrected chi connectivity index (χ2v) is 2.71. The monoisotopic (exact) mass is 171 g/mol. The van der Waals surface area contributed by atoms with Crippen LogP contribution in [0.1, 0.15) is 6.42 Å². The molecular formula is C4H5Cl2OS. The van der Waals surface area contributed by atoms with Crippen LogP contribution in [0, 0.1) is 0 Å². The molecule has 0 N–H and O–H groups in total. The molecule has 0 saturated heterocycles. The van der Waals surface area contributed by atoms with Gasteiger partial charge in [-0.3, -0.25) is 4.79 Å². The minimum absolute atomic E-state index is 0.195. The fraction of sp³-hybridized carbons (Fsp3) is 0.750. The van der Waals surface area contributed by atoms with Gasteiger partial charge < -0.3 is 0 Å². The molecule has 0 rings (SSSR count). The van der Waals surface area contributed by atoms with Gasteiger partial charge in [0.1, 0.15) is 0 Å². The summed E-state index contributed by atoms with van der Waals surface area (Å²) < 4.78 is 0. The zero-order valence-corrected chi connectivity index (χ0v) is 6.39. The lowest BCUT2D eigenvalue weighted by atomic mass is 10.4. The highest BCUT2D eigenvalue weighted by Gasteiger charge is 2.05. The summed E-state index contributed by atoms with van der Waals surface area (Å²) in [5, 5.41) is -0.618. The second kappa shape index (κ2) is 4.36. The summed E-state index contributed by atoms with van der Waals surface area (Å²) in [5.41, 5.74) is 0. The van der Waals surface area contributed by atoms with Crippen LogP contribution >= 0.6 is 35.8 Å². The molecule has 0 saturated carbocycles. The number of alkyl halides is 2. The molecule has 0 aromatic carbocycles. The SMILES string of the molecule is O=C([S])CC(Cl)CCl. The number of rotatable bonds is 3. The number of carbonyl (C=O) groups is 1. The van der Waals surface area contributed by atoms with Crippen molar-refractivity contribution in [2.75, 3.05) is 5.88 Å². The third kappa shape index (κ3) is 4.62. The minimum atomic E-state index is -0.328. The topological polar surface area (TPSA) is 17.1 Å². The molecule has 8 heavy (non-hydrogen) atoms. The van der Waals surface area contributed by atoms with Gasteiger partial charge in [-0.25, -0.2) is 0 Å². The molecule has 47 valence electrons. The number of hydrogen-bond acceptors (Lipinski definition) is 1. The Bertz CT molecular complexity index is 86.1. The molecule has 0 bridgehead atoms. The largest absolute Gasteiger partial charge is 0.282 e. The van der Waals surface area contributed by atoms with Crippen molar-refractivity contribution in [1.82, 2.24) is 0 Å². The fourth-order valence-electron chi connectivity index (χ4n) is 0.235. The maximum Gasteiger partial charge on any atom is 0.220 e. The third-order valence-corrected chi connectivity index (χ3v) is 1.56. The van der Waals surface area contributed by atoms with E-state index >= 15 is 0 Å². The molecule has 1 radical (unpaired) electrons. The average Bonchev–Trinajstić information content (AvgIpc) is 1.65. The Balaban J connectivity index is 3.24. The van der Waals surface area contributed by atoms with Crippen molar-refractivity contribution in [3.05, 3.63) is 0 Å². The minimum Gasteiger partial charge on any atom is -0.282 e. The van der Waals surface area contributed by atoms with E-state index in [1.807, 2.05) is 0 Å². The van der Waals surface area contributed by atoms with E-state index < -0.39 is 0 Å². The molecule has 4 heteroatoms. The number of halogens is 2. The Labute approximate surface area is 63.8 Å². The van der Waals surface area contributed by atoms with Gasteiger partial charge in [-0.15, -0.1) is 23.2 Å². The van der Waals surface area contributed by atoms with Crippen LogP contribution in [0.25, 0.3) is 0 Å². The lowest BCUT2D eigenvalue weighted by Gasteiger charge is -1.96. The molecule has 0 aliphatic rings. The maximum absolute atomic E-state index is 10.1. The average molecular weight is 172 g/mol. The molecule has 0 aromatic heterocycles. The predicted molar refractivity (Wildman–Crippen MR) is 37.6 cm³/mol. The van der Waals surface area contributed by atoms with Crippen molar-refractivity contribution in [3.63, 3.8) is 0 Å². The van der Waals surface area contributed by atoms with E-state index in [2.05, 4.69) is 12.6 Å². The second-order valence-electron chi connectivity index (χ2n) is 1.33. The molecule has 0 aliphatic carbocycles. The first-order valence-electron chi connectivity index (χ1n) is 2.06. The van der Waals surface area contributed by atoms with Gasteiger partial charge in [0.2, 0.25) is 5.12 Å². The molecular weight excluding hydrogens is 167 g/mol. The van der Waals surface area contributed by atoms with Crippen LogP contribution in [0.4, 0.5) is 0 Å². The Morgan fingerprint density at radius 1 is 1.75 bits per heavy atom. The van der Waals surface area contributed by atoms with Crippen molar-refractivity contribution < 1.29 is 4.79 Å². The van der Waals surface area contributed by atoms with Crippen molar-refractivity contribution in [2.24, 2.45) is 0 Å². The van der Waals surface area contributed by atoms with Gasteiger partial charge in [-0.05, 0) is 12.6 Å². The van der Waals surface area contributed by atoms with Crippen molar-refractivity contribution in [2.45, 2.75) is 11.8 Å². The highest BCUT2D eigenvalue weighted by atomic mass is 35.5. The Hall–Kier alpha value is 0.470. The van der Waals surface area contributed by atoms with Crippen LogP contribution in [-0.4, -0.2) is 16.4 Å². The van der Waals surface area contributed by atoms with Gasteiger partial charge in [-0.1, -0.05) is 0 Å². The molecule has 0 aromatic rings. The molecule has 0 spiro atoms. The summed E-state index contributed by atoms with van der Waals surface area (Å²) in [4.78, 5) is 10.1. The van der Waals surface area contributed by atoms with Crippen LogP contribution in [0.5, 0.6) is 0 Å². The van der Waals surface area contributed by atoms with E-state index in [9.17, 15) is 4.79 Å². The lowest BCUT2D eigenvalue weighted by molar-refractivity contribution is -0.110. The van der Waals surface area contributed by atoms with Gasteiger partial charge in [-0.2, -0.15) is 0 Å². The summed E-state index contributed by atoms with van der Waals surface area (Å²) in [6.45, 7) is 0. The van der Waals surface area contributed by atoms with E-state index in [0.717, 1.165) is 0 Å². The molecule has 1 unspecified atom stereocenters. The summed E-state index contributed by atoms with van der Waals surface area (Å²) in [7, 11) is 0. The smallest absolute Gasteiger partial charge is 0.220 e. The van der Waals surface area contributed by atoms with E-state index in [-0.39, 0.29) is 22.8 Å². The van der Waals surface area contributed by atoms with Crippen LogP contribution in [-0.2, 0) is 4.79 Å².